The van der Waals surface area contributed by atoms with Gasteiger partial charge in [-0.15, -0.1) is 0 Å². The Hall–Kier alpha value is -1.61. The van der Waals surface area contributed by atoms with Crippen molar-refractivity contribution in [3.05, 3.63) is 57.2 Å². The molecule has 0 aliphatic carbocycles. The summed E-state index contributed by atoms with van der Waals surface area (Å²) in [5.74, 6) is -0.345. The van der Waals surface area contributed by atoms with Gasteiger partial charge in [-0.3, -0.25) is 9.10 Å². The molecule has 0 aliphatic heterocycles. The Bertz CT molecular complexity index is 896. The maximum atomic E-state index is 12.9. The van der Waals surface area contributed by atoms with Gasteiger partial charge in [-0.1, -0.05) is 24.6 Å². The van der Waals surface area contributed by atoms with Crippen LogP contribution in [0.3, 0.4) is 0 Å². The predicted octanol–water partition coefficient (Wildman–Crippen LogP) is 4.09. The van der Waals surface area contributed by atoms with Crippen molar-refractivity contribution in [3.8, 4) is 0 Å². The molecule has 2 aromatic rings. The van der Waals surface area contributed by atoms with E-state index in [1.165, 1.54) is 4.31 Å². The van der Waals surface area contributed by atoms with Crippen molar-refractivity contribution >= 4 is 49.9 Å². The fraction of sp³-hybridized carbons (Fsp3) is 0.316. The molecule has 140 valence electrons. The van der Waals surface area contributed by atoms with Crippen LogP contribution in [0.15, 0.2) is 42.5 Å². The first-order valence-electron chi connectivity index (χ1n) is 8.26. The van der Waals surface area contributed by atoms with Gasteiger partial charge in [0.25, 0.3) is 0 Å². The van der Waals surface area contributed by atoms with E-state index in [1.54, 1.807) is 19.1 Å². The molecule has 2 rings (SSSR count). The van der Waals surface area contributed by atoms with E-state index in [0.29, 0.717) is 17.8 Å². The monoisotopic (exact) mass is 486 g/mol. The Morgan fingerprint density at radius 2 is 1.77 bits per heavy atom. The minimum atomic E-state index is -3.62. The van der Waals surface area contributed by atoms with Gasteiger partial charge in [0.05, 0.1) is 11.9 Å². The summed E-state index contributed by atoms with van der Waals surface area (Å²) in [6.45, 7) is 5.64. The lowest BCUT2D eigenvalue weighted by Crippen LogP contribution is -2.47. The van der Waals surface area contributed by atoms with Gasteiger partial charge in [0, 0.05) is 9.26 Å². The van der Waals surface area contributed by atoms with E-state index in [-0.39, 0.29) is 5.91 Å². The van der Waals surface area contributed by atoms with Crippen LogP contribution < -0.4 is 9.62 Å². The van der Waals surface area contributed by atoms with Crippen molar-refractivity contribution < 1.29 is 13.2 Å². The van der Waals surface area contributed by atoms with Crippen LogP contribution in [-0.4, -0.2) is 26.6 Å². The average Bonchev–Trinajstić information content (AvgIpc) is 2.55. The molecule has 7 heteroatoms. The molecule has 0 radical (unpaired) electrons. The smallest absolute Gasteiger partial charge is 0.248 e. The van der Waals surface area contributed by atoms with Crippen molar-refractivity contribution in [1.82, 2.24) is 0 Å². The Balaban J connectivity index is 2.38. The molecule has 1 amide bonds. The lowest BCUT2D eigenvalue weighted by Gasteiger charge is -2.30. The zero-order valence-corrected chi connectivity index (χ0v) is 18.3. The molecule has 0 saturated heterocycles. The van der Waals surface area contributed by atoms with Crippen LogP contribution in [0.2, 0.25) is 0 Å². The van der Waals surface area contributed by atoms with Crippen LogP contribution in [-0.2, 0) is 14.8 Å². The highest BCUT2D eigenvalue weighted by Gasteiger charge is 2.31. The molecular formula is C19H23IN2O3S. The van der Waals surface area contributed by atoms with E-state index < -0.39 is 16.1 Å². The number of hydrogen-bond acceptors (Lipinski definition) is 3. The number of nitrogens with zero attached hydrogens (tertiary/aromatic N) is 1. The number of sulfonamides is 1. The lowest BCUT2D eigenvalue weighted by atomic mass is 10.1. The molecule has 0 fully saturated rings. The average molecular weight is 486 g/mol. The second-order valence-electron chi connectivity index (χ2n) is 6.27. The molecule has 1 N–H and O–H groups in total. The SMILES string of the molecule is CC[C@H](C(=O)Nc1ccc(I)cc1C)N(c1ccc(C)cc1)S(C)(=O)=O. The molecule has 0 heterocycles. The highest BCUT2D eigenvalue weighted by Crippen LogP contribution is 2.25. The normalized spacial score (nSPS) is 12.5. The number of benzene rings is 2. The van der Waals surface area contributed by atoms with Gasteiger partial charge in [0.1, 0.15) is 6.04 Å². The van der Waals surface area contributed by atoms with Crippen molar-refractivity contribution in [1.29, 1.82) is 0 Å². The first-order chi connectivity index (χ1) is 12.1. The van der Waals surface area contributed by atoms with E-state index >= 15 is 0 Å². The minimum absolute atomic E-state index is 0.345. The number of nitrogens with one attached hydrogen (secondary N) is 1. The molecule has 0 unspecified atom stereocenters. The fourth-order valence-corrected chi connectivity index (χ4v) is 4.59. The summed E-state index contributed by atoms with van der Waals surface area (Å²) >= 11 is 2.21. The second kappa shape index (κ2) is 8.39. The molecule has 2 aromatic carbocycles. The van der Waals surface area contributed by atoms with Gasteiger partial charge in [0.15, 0.2) is 0 Å². The maximum absolute atomic E-state index is 12.9. The zero-order valence-electron chi connectivity index (χ0n) is 15.3. The number of halogens is 1. The number of anilines is 2. The van der Waals surface area contributed by atoms with E-state index in [1.807, 2.05) is 44.2 Å². The van der Waals surface area contributed by atoms with Crippen LogP contribution in [0.4, 0.5) is 11.4 Å². The summed E-state index contributed by atoms with van der Waals surface area (Å²) in [6, 6.07) is 12.0. The summed E-state index contributed by atoms with van der Waals surface area (Å²) in [6.07, 6.45) is 1.48. The van der Waals surface area contributed by atoms with Crippen LogP contribution in [0.1, 0.15) is 24.5 Å². The number of aryl methyl sites for hydroxylation is 2. The van der Waals surface area contributed by atoms with E-state index in [2.05, 4.69) is 27.9 Å². The van der Waals surface area contributed by atoms with Crippen molar-refractivity contribution in [3.63, 3.8) is 0 Å². The minimum Gasteiger partial charge on any atom is -0.324 e. The first kappa shape index (κ1) is 20.7. The largest absolute Gasteiger partial charge is 0.324 e. The van der Waals surface area contributed by atoms with Crippen LogP contribution >= 0.6 is 22.6 Å². The Labute approximate surface area is 169 Å². The Kier molecular flexibility index (Phi) is 6.68. The highest BCUT2D eigenvalue weighted by molar-refractivity contribution is 14.1. The van der Waals surface area contributed by atoms with Gasteiger partial charge < -0.3 is 5.32 Å². The summed E-state index contributed by atoms with van der Waals surface area (Å²) in [4.78, 5) is 12.9. The molecule has 26 heavy (non-hydrogen) atoms. The zero-order chi connectivity index (χ0) is 19.5. The molecular weight excluding hydrogens is 463 g/mol. The molecule has 0 spiro atoms. The molecule has 0 aliphatic rings. The van der Waals surface area contributed by atoms with Crippen LogP contribution in [0, 0.1) is 17.4 Å². The standard InChI is InChI=1S/C19H23IN2O3S/c1-5-18(19(23)21-17-11-8-15(20)12-14(17)3)22(26(4,24)25)16-9-6-13(2)7-10-16/h6-12,18H,5H2,1-4H3,(H,21,23)/t18-/m1/s1. The van der Waals surface area contributed by atoms with Crippen LogP contribution in [0.25, 0.3) is 0 Å². The summed E-state index contributed by atoms with van der Waals surface area (Å²) in [7, 11) is -3.62. The molecule has 0 saturated carbocycles. The van der Waals surface area contributed by atoms with Crippen molar-refractivity contribution in [2.45, 2.75) is 33.2 Å². The highest BCUT2D eigenvalue weighted by atomic mass is 127. The number of carbonyl (C=O) groups excluding carboxylic acids is 1. The number of carbonyl (C=O) groups is 1. The van der Waals surface area contributed by atoms with E-state index in [9.17, 15) is 13.2 Å². The summed E-state index contributed by atoms with van der Waals surface area (Å²) < 4.78 is 27.1. The fourth-order valence-electron chi connectivity index (χ4n) is 2.74. The Morgan fingerprint density at radius 1 is 1.15 bits per heavy atom. The molecule has 1 atom stereocenters. The second-order valence-corrected chi connectivity index (χ2v) is 9.37. The van der Waals surface area contributed by atoms with E-state index in [4.69, 9.17) is 0 Å². The third kappa shape index (κ3) is 4.97. The topological polar surface area (TPSA) is 66.5 Å². The maximum Gasteiger partial charge on any atom is 0.248 e. The summed E-state index contributed by atoms with van der Waals surface area (Å²) in [5, 5.41) is 2.87. The molecule has 0 aromatic heterocycles. The number of hydrogen-bond donors (Lipinski definition) is 1. The number of amides is 1. The predicted molar refractivity (Wildman–Crippen MR) is 115 cm³/mol. The molecule has 5 nitrogen and oxygen atoms in total. The van der Waals surface area contributed by atoms with Gasteiger partial charge in [-0.25, -0.2) is 8.42 Å². The van der Waals surface area contributed by atoms with Crippen LogP contribution in [0.5, 0.6) is 0 Å². The molecule has 0 bridgehead atoms. The number of rotatable bonds is 6. The first-order valence-corrected chi connectivity index (χ1v) is 11.2. The van der Waals surface area contributed by atoms with Crippen molar-refractivity contribution in [2.24, 2.45) is 0 Å². The summed E-state index contributed by atoms with van der Waals surface area (Å²) in [5.41, 5.74) is 3.13. The third-order valence-electron chi connectivity index (χ3n) is 4.06. The quantitative estimate of drug-likeness (QED) is 0.626. The third-order valence-corrected chi connectivity index (χ3v) is 5.92. The van der Waals surface area contributed by atoms with Gasteiger partial charge in [-0.05, 0) is 78.8 Å². The van der Waals surface area contributed by atoms with Gasteiger partial charge in [0.2, 0.25) is 15.9 Å². The van der Waals surface area contributed by atoms with Crippen molar-refractivity contribution in [2.75, 3.05) is 15.9 Å². The lowest BCUT2D eigenvalue weighted by molar-refractivity contribution is -0.117. The van der Waals surface area contributed by atoms with Gasteiger partial charge >= 0.3 is 0 Å². The Morgan fingerprint density at radius 3 is 2.27 bits per heavy atom. The van der Waals surface area contributed by atoms with E-state index in [0.717, 1.165) is 21.0 Å². The van der Waals surface area contributed by atoms with Gasteiger partial charge in [-0.2, -0.15) is 0 Å².